The molecule has 0 radical (unpaired) electrons. The predicted molar refractivity (Wildman–Crippen MR) is 73.4 cm³/mol. The molecule has 2 rings (SSSR count). The number of hydrogen-bond donors (Lipinski definition) is 1. The van der Waals surface area contributed by atoms with E-state index in [9.17, 15) is 4.39 Å². The van der Waals surface area contributed by atoms with Crippen molar-refractivity contribution < 1.29 is 9.13 Å². The van der Waals surface area contributed by atoms with Gasteiger partial charge in [-0.05, 0) is 29.8 Å². The minimum atomic E-state index is -0.196. The van der Waals surface area contributed by atoms with E-state index in [2.05, 4.69) is 0 Å². The van der Waals surface area contributed by atoms with Crippen molar-refractivity contribution in [3.8, 4) is 5.75 Å². The minimum absolute atomic E-state index is 0.196. The van der Waals surface area contributed by atoms with Crippen molar-refractivity contribution in [2.75, 3.05) is 12.8 Å². The summed E-state index contributed by atoms with van der Waals surface area (Å²) in [5.41, 5.74) is 7.44. The zero-order valence-electron chi connectivity index (χ0n) is 10.0. The number of ether oxygens (including phenoxy) is 1. The van der Waals surface area contributed by atoms with Gasteiger partial charge in [0.05, 0.1) is 7.11 Å². The first-order chi connectivity index (χ1) is 8.69. The number of hydrogen-bond acceptors (Lipinski definition) is 3. The van der Waals surface area contributed by atoms with Crippen LogP contribution in [0.4, 0.5) is 10.1 Å². The first-order valence-corrected chi connectivity index (χ1v) is 6.48. The number of anilines is 1. The molecule has 0 saturated carbocycles. The topological polar surface area (TPSA) is 35.2 Å². The van der Waals surface area contributed by atoms with Crippen LogP contribution in [0.1, 0.15) is 5.56 Å². The third-order valence-electron chi connectivity index (χ3n) is 2.46. The van der Waals surface area contributed by atoms with Crippen molar-refractivity contribution in [3.63, 3.8) is 0 Å². The lowest BCUT2D eigenvalue weighted by Gasteiger charge is -2.07. The van der Waals surface area contributed by atoms with Gasteiger partial charge in [0.25, 0.3) is 0 Å². The van der Waals surface area contributed by atoms with Crippen LogP contribution in [0, 0.1) is 5.82 Å². The van der Waals surface area contributed by atoms with Gasteiger partial charge in [-0.15, -0.1) is 11.8 Å². The van der Waals surface area contributed by atoms with Crippen LogP contribution in [-0.4, -0.2) is 7.11 Å². The van der Waals surface area contributed by atoms with Gasteiger partial charge in [0.2, 0.25) is 0 Å². The van der Waals surface area contributed by atoms with E-state index < -0.39 is 0 Å². The molecule has 0 fully saturated rings. The van der Waals surface area contributed by atoms with Gasteiger partial charge in [-0.3, -0.25) is 0 Å². The maximum Gasteiger partial charge on any atom is 0.136 e. The predicted octanol–water partition coefficient (Wildman–Crippen LogP) is 3.71. The fourth-order valence-corrected chi connectivity index (χ4v) is 2.48. The molecule has 2 N–H and O–H groups in total. The zero-order chi connectivity index (χ0) is 13.0. The molecule has 94 valence electrons. The highest BCUT2D eigenvalue weighted by atomic mass is 32.2. The normalized spacial score (nSPS) is 10.3. The lowest BCUT2D eigenvalue weighted by Crippen LogP contribution is -1.91. The lowest BCUT2D eigenvalue weighted by atomic mass is 10.2. The van der Waals surface area contributed by atoms with Crippen molar-refractivity contribution in [1.29, 1.82) is 0 Å². The Bertz CT molecular complexity index is 545. The van der Waals surface area contributed by atoms with Crippen LogP contribution in [0.3, 0.4) is 0 Å². The van der Waals surface area contributed by atoms with Gasteiger partial charge in [-0.25, -0.2) is 4.39 Å². The number of rotatable bonds is 4. The number of methoxy groups -OCH3 is 1. The van der Waals surface area contributed by atoms with E-state index in [-0.39, 0.29) is 5.82 Å². The van der Waals surface area contributed by atoms with Gasteiger partial charge >= 0.3 is 0 Å². The Labute approximate surface area is 110 Å². The van der Waals surface area contributed by atoms with Crippen molar-refractivity contribution >= 4 is 17.4 Å². The van der Waals surface area contributed by atoms with Crippen LogP contribution in [-0.2, 0) is 5.75 Å². The van der Waals surface area contributed by atoms with Crippen molar-refractivity contribution in [2.45, 2.75) is 10.6 Å². The second-order valence-electron chi connectivity index (χ2n) is 3.83. The minimum Gasteiger partial charge on any atom is -0.497 e. The van der Waals surface area contributed by atoms with Gasteiger partial charge in [-0.2, -0.15) is 0 Å². The van der Waals surface area contributed by atoms with Crippen LogP contribution < -0.4 is 10.5 Å². The van der Waals surface area contributed by atoms with E-state index in [1.165, 1.54) is 17.8 Å². The molecular weight excluding hydrogens is 249 g/mol. The molecule has 0 bridgehead atoms. The Kier molecular flexibility index (Phi) is 4.10. The second kappa shape index (κ2) is 5.78. The summed E-state index contributed by atoms with van der Waals surface area (Å²) in [5.74, 6) is 1.18. The summed E-state index contributed by atoms with van der Waals surface area (Å²) in [6, 6.07) is 12.3. The molecule has 0 saturated heterocycles. The van der Waals surface area contributed by atoms with Crippen molar-refractivity contribution in [3.05, 3.63) is 53.8 Å². The van der Waals surface area contributed by atoms with E-state index in [4.69, 9.17) is 10.5 Å². The van der Waals surface area contributed by atoms with Crippen molar-refractivity contribution in [1.82, 2.24) is 0 Å². The summed E-state index contributed by atoms with van der Waals surface area (Å²) in [7, 11) is 1.60. The average Bonchev–Trinajstić information content (AvgIpc) is 2.37. The molecule has 2 aromatic rings. The molecule has 0 aliphatic carbocycles. The summed E-state index contributed by atoms with van der Waals surface area (Å²) in [6.07, 6.45) is 0. The highest BCUT2D eigenvalue weighted by Crippen LogP contribution is 2.28. The number of halogens is 1. The third kappa shape index (κ3) is 3.17. The number of nitrogens with two attached hydrogens (primary N) is 1. The molecular formula is C14H14FNOS. The SMILES string of the molecule is COc1cc(N)cc(CSc2ccccc2F)c1. The summed E-state index contributed by atoms with van der Waals surface area (Å²) in [4.78, 5) is 0.638. The van der Waals surface area contributed by atoms with Gasteiger partial charge in [-0.1, -0.05) is 12.1 Å². The fourth-order valence-electron chi connectivity index (χ4n) is 1.61. The molecule has 4 heteroatoms. The summed E-state index contributed by atoms with van der Waals surface area (Å²) in [5, 5.41) is 0. The fraction of sp³-hybridized carbons (Fsp3) is 0.143. The van der Waals surface area contributed by atoms with Crippen LogP contribution in [0.2, 0.25) is 0 Å². The second-order valence-corrected chi connectivity index (χ2v) is 4.85. The molecule has 2 nitrogen and oxygen atoms in total. The van der Waals surface area contributed by atoms with Gasteiger partial charge in [0.15, 0.2) is 0 Å². The Morgan fingerprint density at radius 1 is 1.22 bits per heavy atom. The Hall–Kier alpha value is -1.68. The van der Waals surface area contributed by atoms with Crippen LogP contribution >= 0.6 is 11.8 Å². The number of nitrogen functional groups attached to an aromatic ring is 1. The van der Waals surface area contributed by atoms with Crippen LogP contribution in [0.5, 0.6) is 5.75 Å². The van der Waals surface area contributed by atoms with Crippen molar-refractivity contribution in [2.24, 2.45) is 0 Å². The first-order valence-electron chi connectivity index (χ1n) is 5.50. The van der Waals surface area contributed by atoms with Gasteiger partial charge in [0, 0.05) is 22.4 Å². The third-order valence-corrected chi connectivity index (χ3v) is 3.58. The molecule has 18 heavy (non-hydrogen) atoms. The lowest BCUT2D eigenvalue weighted by molar-refractivity contribution is 0.414. The van der Waals surface area contributed by atoms with E-state index in [0.29, 0.717) is 16.3 Å². The van der Waals surface area contributed by atoms with Crippen LogP contribution in [0.15, 0.2) is 47.4 Å². The summed E-state index contributed by atoms with van der Waals surface area (Å²) < 4.78 is 18.6. The monoisotopic (exact) mass is 263 g/mol. The number of benzene rings is 2. The van der Waals surface area contributed by atoms with E-state index >= 15 is 0 Å². The molecule has 0 aliphatic heterocycles. The maximum atomic E-state index is 13.4. The molecule has 0 unspecified atom stereocenters. The highest BCUT2D eigenvalue weighted by Gasteiger charge is 2.04. The summed E-state index contributed by atoms with van der Waals surface area (Å²) in [6.45, 7) is 0. The largest absolute Gasteiger partial charge is 0.497 e. The Balaban J connectivity index is 2.11. The average molecular weight is 263 g/mol. The molecule has 0 atom stereocenters. The van der Waals surface area contributed by atoms with E-state index in [1.54, 1.807) is 25.3 Å². The molecule has 0 heterocycles. The first kappa shape index (κ1) is 12.8. The Morgan fingerprint density at radius 2 is 2.00 bits per heavy atom. The van der Waals surface area contributed by atoms with Crippen LogP contribution in [0.25, 0.3) is 0 Å². The van der Waals surface area contributed by atoms with Gasteiger partial charge in [0.1, 0.15) is 11.6 Å². The van der Waals surface area contributed by atoms with E-state index in [0.717, 1.165) is 11.3 Å². The maximum absolute atomic E-state index is 13.4. The smallest absolute Gasteiger partial charge is 0.136 e. The molecule has 2 aromatic carbocycles. The quantitative estimate of drug-likeness (QED) is 0.674. The van der Waals surface area contributed by atoms with E-state index in [1.807, 2.05) is 18.2 Å². The molecule has 0 amide bonds. The molecule has 0 aliphatic rings. The molecule has 0 aromatic heterocycles. The zero-order valence-corrected chi connectivity index (χ0v) is 10.8. The Morgan fingerprint density at radius 3 is 2.72 bits per heavy atom. The van der Waals surface area contributed by atoms with Gasteiger partial charge < -0.3 is 10.5 Å². The summed E-state index contributed by atoms with van der Waals surface area (Å²) >= 11 is 1.44. The highest BCUT2D eigenvalue weighted by molar-refractivity contribution is 7.98. The molecule has 0 spiro atoms. The number of thioether (sulfide) groups is 1. The standard InChI is InChI=1S/C14H14FNOS/c1-17-12-7-10(6-11(16)8-12)9-18-14-5-3-2-4-13(14)15/h2-8H,9,16H2,1H3.